The van der Waals surface area contributed by atoms with Crippen LogP contribution in [0.3, 0.4) is 0 Å². The zero-order valence-electron chi connectivity index (χ0n) is 18.6. The van der Waals surface area contributed by atoms with Gasteiger partial charge in [-0.1, -0.05) is 12.1 Å². The first-order valence-electron chi connectivity index (χ1n) is 11.1. The first-order chi connectivity index (χ1) is 15.8. The summed E-state index contributed by atoms with van der Waals surface area (Å²) in [6.07, 6.45) is 0. The Kier molecular flexibility index (Phi) is 7.76. The molecule has 0 atom stereocenters. The van der Waals surface area contributed by atoms with Crippen LogP contribution in [0.1, 0.15) is 11.3 Å². The van der Waals surface area contributed by atoms with Crippen molar-refractivity contribution in [2.75, 3.05) is 83.0 Å². The third kappa shape index (κ3) is 5.67. The minimum Gasteiger partial charge on any atom is -0.476 e. The van der Waals surface area contributed by atoms with Crippen LogP contribution in [0.25, 0.3) is 0 Å². The van der Waals surface area contributed by atoms with Crippen molar-refractivity contribution in [3.05, 3.63) is 47.7 Å². The molecule has 9 heteroatoms. The van der Waals surface area contributed by atoms with Crippen LogP contribution in [-0.4, -0.2) is 88.4 Å². The molecule has 0 amide bonds. The normalized spacial score (nSPS) is 17.9. The van der Waals surface area contributed by atoms with Crippen molar-refractivity contribution in [3.63, 3.8) is 0 Å². The van der Waals surface area contributed by atoms with Crippen LogP contribution in [0.5, 0.6) is 5.88 Å². The van der Waals surface area contributed by atoms with Crippen molar-refractivity contribution in [1.29, 1.82) is 0 Å². The summed E-state index contributed by atoms with van der Waals surface area (Å²) in [7, 11) is 1.89. The van der Waals surface area contributed by atoms with Gasteiger partial charge in [-0.3, -0.25) is 4.90 Å². The Morgan fingerprint density at radius 3 is 2.56 bits per heavy atom. The van der Waals surface area contributed by atoms with Crippen molar-refractivity contribution >= 4 is 17.1 Å². The second kappa shape index (κ2) is 11.1. The van der Waals surface area contributed by atoms with E-state index in [-0.39, 0.29) is 0 Å². The number of nitrogens with two attached hydrogens (primary N) is 1. The van der Waals surface area contributed by atoms with E-state index < -0.39 is 0 Å². The highest BCUT2D eigenvalue weighted by Crippen LogP contribution is 2.25. The molecule has 0 bridgehead atoms. The molecule has 0 saturated carbocycles. The lowest BCUT2D eigenvalue weighted by Gasteiger charge is -2.29. The molecule has 9 nitrogen and oxygen atoms in total. The largest absolute Gasteiger partial charge is 0.476 e. The number of aromatic nitrogens is 1. The molecule has 0 radical (unpaired) electrons. The zero-order chi connectivity index (χ0) is 22.2. The van der Waals surface area contributed by atoms with Crippen molar-refractivity contribution in [2.24, 2.45) is 10.9 Å². The molecule has 1 aromatic heterocycles. The molecule has 2 aliphatic rings. The Bertz CT molecular complexity index is 910. The number of rotatable bonds is 8. The first-order valence-corrected chi connectivity index (χ1v) is 11.1. The van der Waals surface area contributed by atoms with Crippen LogP contribution in [0, 0.1) is 0 Å². The maximum Gasteiger partial charge on any atom is 0.215 e. The molecule has 3 heterocycles. The number of nitrogens with zero attached hydrogens (tertiary/aromatic N) is 4. The lowest BCUT2D eigenvalue weighted by atomic mass is 10.1. The summed E-state index contributed by atoms with van der Waals surface area (Å²) < 4.78 is 17.0. The number of pyridine rings is 1. The fraction of sp³-hybridized carbons (Fsp3) is 0.478. The number of morpholine rings is 2. The highest BCUT2D eigenvalue weighted by molar-refractivity contribution is 6.12. The molecule has 2 aromatic rings. The highest BCUT2D eigenvalue weighted by Gasteiger charge is 2.18. The molecule has 1 aromatic carbocycles. The van der Waals surface area contributed by atoms with Crippen molar-refractivity contribution in [3.8, 4) is 5.88 Å². The van der Waals surface area contributed by atoms with Gasteiger partial charge in [-0.05, 0) is 18.2 Å². The smallest absolute Gasteiger partial charge is 0.215 e. The standard InChI is InChI=1S/C23H32N6O3/c1-25-19-4-2-3-18(15-19)23(27-24)21-16-20(29-8-12-31-13-9-29)17-22(26-21)32-14-7-28-5-10-30-11-6-28/h2-4,15-17,25H,5-14,24H2,1H3. The summed E-state index contributed by atoms with van der Waals surface area (Å²) >= 11 is 0. The fourth-order valence-electron chi connectivity index (χ4n) is 3.91. The molecular formula is C23H32N6O3. The molecule has 0 unspecified atom stereocenters. The Morgan fingerprint density at radius 2 is 1.84 bits per heavy atom. The molecule has 0 spiro atoms. The highest BCUT2D eigenvalue weighted by atomic mass is 16.5. The molecule has 32 heavy (non-hydrogen) atoms. The third-order valence-electron chi connectivity index (χ3n) is 5.72. The molecule has 2 saturated heterocycles. The van der Waals surface area contributed by atoms with Gasteiger partial charge in [0.1, 0.15) is 12.3 Å². The SMILES string of the molecule is CNc1cccc(C(=NN)c2cc(N3CCOCC3)cc(OCCN3CCOCC3)n2)c1. The van der Waals surface area contributed by atoms with Gasteiger partial charge in [0.2, 0.25) is 5.88 Å². The van der Waals surface area contributed by atoms with Gasteiger partial charge >= 0.3 is 0 Å². The molecule has 3 N–H and O–H groups in total. The number of hydrogen-bond acceptors (Lipinski definition) is 9. The molecule has 172 valence electrons. The van der Waals surface area contributed by atoms with Crippen molar-refractivity contribution < 1.29 is 14.2 Å². The van der Waals surface area contributed by atoms with Crippen LogP contribution in [0.15, 0.2) is 41.5 Å². The number of hydrazone groups is 1. The molecular weight excluding hydrogens is 408 g/mol. The molecule has 2 aliphatic heterocycles. The molecule has 0 aliphatic carbocycles. The fourth-order valence-corrected chi connectivity index (χ4v) is 3.91. The van der Waals surface area contributed by atoms with E-state index in [1.165, 1.54) is 0 Å². The Balaban J connectivity index is 1.58. The van der Waals surface area contributed by atoms with Gasteiger partial charge in [0.15, 0.2) is 0 Å². The van der Waals surface area contributed by atoms with Gasteiger partial charge in [0.05, 0.1) is 32.1 Å². The quantitative estimate of drug-likeness (QED) is 0.361. The van der Waals surface area contributed by atoms with E-state index in [1.54, 1.807) is 0 Å². The monoisotopic (exact) mass is 440 g/mol. The van der Waals surface area contributed by atoms with Gasteiger partial charge in [-0.2, -0.15) is 5.10 Å². The Morgan fingerprint density at radius 1 is 1.09 bits per heavy atom. The summed E-state index contributed by atoms with van der Waals surface area (Å²) in [5.41, 5.74) is 4.21. The third-order valence-corrected chi connectivity index (χ3v) is 5.72. The average Bonchev–Trinajstić information content (AvgIpc) is 2.86. The van der Waals surface area contributed by atoms with Gasteiger partial charge in [0, 0.05) is 62.8 Å². The van der Waals surface area contributed by atoms with E-state index >= 15 is 0 Å². The summed E-state index contributed by atoms with van der Waals surface area (Å²) in [5.74, 6) is 6.41. The number of nitrogens with one attached hydrogen (secondary N) is 1. The maximum absolute atomic E-state index is 6.10. The predicted molar refractivity (Wildman–Crippen MR) is 126 cm³/mol. The topological polar surface area (TPSA) is 97.5 Å². The lowest BCUT2D eigenvalue weighted by molar-refractivity contribution is 0.0320. The lowest BCUT2D eigenvalue weighted by Crippen LogP contribution is -2.38. The van der Waals surface area contributed by atoms with Crippen molar-refractivity contribution in [2.45, 2.75) is 0 Å². The maximum atomic E-state index is 6.10. The van der Waals surface area contributed by atoms with Gasteiger partial charge in [-0.25, -0.2) is 4.98 Å². The van der Waals surface area contributed by atoms with E-state index in [2.05, 4.69) is 20.2 Å². The van der Waals surface area contributed by atoms with E-state index in [0.717, 1.165) is 62.9 Å². The number of hydrogen-bond donors (Lipinski definition) is 2. The Labute approximate surface area is 189 Å². The summed E-state index contributed by atoms with van der Waals surface area (Å²) in [5, 5.41) is 7.25. The second-order valence-corrected chi connectivity index (χ2v) is 7.76. The van der Waals surface area contributed by atoms with Crippen LogP contribution in [-0.2, 0) is 9.47 Å². The van der Waals surface area contributed by atoms with Crippen LogP contribution >= 0.6 is 0 Å². The Hall–Kier alpha value is -2.88. The van der Waals surface area contributed by atoms with Crippen LogP contribution in [0.2, 0.25) is 0 Å². The van der Waals surface area contributed by atoms with Gasteiger partial charge in [-0.15, -0.1) is 0 Å². The molecule has 2 fully saturated rings. The number of anilines is 2. The summed E-state index contributed by atoms with van der Waals surface area (Å²) in [4.78, 5) is 9.38. The molecule has 4 rings (SSSR count). The van der Waals surface area contributed by atoms with E-state index in [0.29, 0.717) is 37.1 Å². The first kappa shape index (κ1) is 22.3. The number of benzene rings is 1. The predicted octanol–water partition coefficient (Wildman–Crippen LogP) is 1.38. The van der Waals surface area contributed by atoms with Crippen LogP contribution in [0.4, 0.5) is 11.4 Å². The summed E-state index contributed by atoms with van der Waals surface area (Å²) in [6, 6.07) is 12.0. The van der Waals surface area contributed by atoms with Gasteiger partial charge < -0.3 is 30.3 Å². The summed E-state index contributed by atoms with van der Waals surface area (Å²) in [6.45, 7) is 7.85. The van der Waals surface area contributed by atoms with Crippen molar-refractivity contribution in [1.82, 2.24) is 9.88 Å². The average molecular weight is 441 g/mol. The van der Waals surface area contributed by atoms with E-state index in [4.69, 9.17) is 25.0 Å². The second-order valence-electron chi connectivity index (χ2n) is 7.76. The van der Waals surface area contributed by atoms with Gasteiger partial charge in [0.25, 0.3) is 0 Å². The minimum atomic E-state index is 0.559. The van der Waals surface area contributed by atoms with Crippen LogP contribution < -0.4 is 20.8 Å². The zero-order valence-corrected chi connectivity index (χ0v) is 18.6. The van der Waals surface area contributed by atoms with E-state index in [1.807, 2.05) is 43.4 Å². The number of ether oxygens (including phenoxy) is 3. The minimum absolute atomic E-state index is 0.559. The van der Waals surface area contributed by atoms with E-state index in [9.17, 15) is 0 Å².